The van der Waals surface area contributed by atoms with Crippen molar-refractivity contribution >= 4 is 11.6 Å². The zero-order valence-electron chi connectivity index (χ0n) is 9.32. The third-order valence-electron chi connectivity index (χ3n) is 3.92. The highest BCUT2D eigenvalue weighted by atomic mass is 35.5. The van der Waals surface area contributed by atoms with Crippen molar-refractivity contribution in [1.82, 2.24) is 0 Å². The second kappa shape index (κ2) is 4.08. The van der Waals surface area contributed by atoms with Gasteiger partial charge in [-0.05, 0) is 37.3 Å². The molecule has 2 aliphatic rings. The van der Waals surface area contributed by atoms with Crippen molar-refractivity contribution in [3.63, 3.8) is 0 Å². The molecule has 0 aromatic carbocycles. The van der Waals surface area contributed by atoms with Crippen LogP contribution in [0.25, 0.3) is 0 Å². The van der Waals surface area contributed by atoms with E-state index in [9.17, 15) is 0 Å². The van der Waals surface area contributed by atoms with Crippen LogP contribution in [0.15, 0.2) is 22.8 Å². The van der Waals surface area contributed by atoms with Gasteiger partial charge in [0.25, 0.3) is 0 Å². The Kier molecular flexibility index (Phi) is 2.72. The summed E-state index contributed by atoms with van der Waals surface area (Å²) in [6, 6.07) is 3.98. The van der Waals surface area contributed by atoms with Crippen LogP contribution in [-0.4, -0.2) is 18.6 Å². The standard InChI is InChI=1S/C13H17ClO2/c14-9-13(8-11-2-1-6-15-11)5-7-16-12(13)10-3-4-10/h1-2,6,10,12H,3-5,7-9H2. The van der Waals surface area contributed by atoms with Gasteiger partial charge in [0.1, 0.15) is 5.76 Å². The summed E-state index contributed by atoms with van der Waals surface area (Å²) in [4.78, 5) is 0. The van der Waals surface area contributed by atoms with Gasteiger partial charge in [-0.3, -0.25) is 0 Å². The Hall–Kier alpha value is -0.470. The Balaban J connectivity index is 1.80. The summed E-state index contributed by atoms with van der Waals surface area (Å²) in [5, 5.41) is 0. The van der Waals surface area contributed by atoms with Crippen molar-refractivity contribution in [3.05, 3.63) is 24.2 Å². The molecule has 0 N–H and O–H groups in total. The molecule has 2 unspecified atom stereocenters. The highest BCUT2D eigenvalue weighted by molar-refractivity contribution is 6.18. The minimum absolute atomic E-state index is 0.112. The predicted octanol–water partition coefficient (Wildman–Crippen LogP) is 3.25. The number of alkyl halides is 1. The van der Waals surface area contributed by atoms with Gasteiger partial charge in [0.15, 0.2) is 0 Å². The van der Waals surface area contributed by atoms with E-state index < -0.39 is 0 Å². The van der Waals surface area contributed by atoms with E-state index in [4.69, 9.17) is 20.8 Å². The maximum atomic E-state index is 6.23. The Morgan fingerprint density at radius 3 is 2.94 bits per heavy atom. The monoisotopic (exact) mass is 240 g/mol. The molecule has 3 heteroatoms. The molecule has 1 aliphatic carbocycles. The van der Waals surface area contributed by atoms with E-state index in [0.29, 0.717) is 12.0 Å². The summed E-state index contributed by atoms with van der Waals surface area (Å²) < 4.78 is 11.4. The van der Waals surface area contributed by atoms with Gasteiger partial charge in [0, 0.05) is 24.3 Å². The van der Waals surface area contributed by atoms with Crippen LogP contribution in [0.1, 0.15) is 25.0 Å². The van der Waals surface area contributed by atoms with Gasteiger partial charge < -0.3 is 9.15 Å². The number of halogens is 1. The van der Waals surface area contributed by atoms with Gasteiger partial charge in [-0.15, -0.1) is 11.6 Å². The van der Waals surface area contributed by atoms with Gasteiger partial charge in [-0.25, -0.2) is 0 Å². The largest absolute Gasteiger partial charge is 0.469 e. The van der Waals surface area contributed by atoms with Crippen LogP contribution in [0.4, 0.5) is 0 Å². The molecule has 1 aromatic rings. The van der Waals surface area contributed by atoms with Gasteiger partial charge in [-0.1, -0.05) is 0 Å². The minimum Gasteiger partial charge on any atom is -0.469 e. The van der Waals surface area contributed by atoms with Crippen molar-refractivity contribution in [2.45, 2.75) is 31.8 Å². The van der Waals surface area contributed by atoms with E-state index in [0.717, 1.165) is 31.1 Å². The molecule has 1 saturated heterocycles. The fraction of sp³-hybridized carbons (Fsp3) is 0.692. The van der Waals surface area contributed by atoms with Gasteiger partial charge >= 0.3 is 0 Å². The van der Waals surface area contributed by atoms with Crippen LogP contribution in [0, 0.1) is 11.3 Å². The minimum atomic E-state index is 0.112. The highest BCUT2D eigenvalue weighted by Crippen LogP contribution is 2.49. The zero-order chi connectivity index (χ0) is 11.0. The fourth-order valence-electron chi connectivity index (χ4n) is 2.88. The summed E-state index contributed by atoms with van der Waals surface area (Å²) in [7, 11) is 0. The van der Waals surface area contributed by atoms with Crippen LogP contribution in [-0.2, 0) is 11.2 Å². The first-order chi connectivity index (χ1) is 7.84. The molecule has 2 heterocycles. The van der Waals surface area contributed by atoms with E-state index >= 15 is 0 Å². The van der Waals surface area contributed by atoms with Crippen molar-refractivity contribution in [2.75, 3.05) is 12.5 Å². The lowest BCUT2D eigenvalue weighted by Crippen LogP contribution is -2.36. The van der Waals surface area contributed by atoms with Crippen molar-refractivity contribution in [3.8, 4) is 0 Å². The smallest absolute Gasteiger partial charge is 0.104 e. The first kappa shape index (κ1) is 10.7. The lowest BCUT2D eigenvalue weighted by molar-refractivity contribution is 0.0382. The maximum Gasteiger partial charge on any atom is 0.104 e. The molecule has 1 saturated carbocycles. The van der Waals surface area contributed by atoms with Crippen molar-refractivity contribution in [1.29, 1.82) is 0 Å². The topological polar surface area (TPSA) is 22.4 Å². The third kappa shape index (κ3) is 1.78. The molecule has 0 bridgehead atoms. The van der Waals surface area contributed by atoms with Gasteiger partial charge in [0.05, 0.1) is 12.4 Å². The summed E-state index contributed by atoms with van der Waals surface area (Å²) in [5.74, 6) is 2.46. The normalized spacial score (nSPS) is 34.4. The summed E-state index contributed by atoms with van der Waals surface area (Å²) >= 11 is 6.23. The Labute approximate surface area is 101 Å². The lowest BCUT2D eigenvalue weighted by atomic mass is 9.77. The molecule has 1 aromatic heterocycles. The molecule has 88 valence electrons. The number of rotatable bonds is 4. The molecule has 2 fully saturated rings. The zero-order valence-corrected chi connectivity index (χ0v) is 10.1. The molecular weight excluding hydrogens is 224 g/mol. The van der Waals surface area contributed by atoms with Crippen LogP contribution >= 0.6 is 11.6 Å². The van der Waals surface area contributed by atoms with Crippen molar-refractivity contribution in [2.24, 2.45) is 11.3 Å². The van der Waals surface area contributed by atoms with Crippen LogP contribution in [0.5, 0.6) is 0 Å². The number of furan rings is 1. The Bertz CT molecular complexity index is 345. The second-order valence-corrected chi connectivity index (χ2v) is 5.40. The lowest BCUT2D eigenvalue weighted by Gasteiger charge is -2.31. The molecule has 2 atom stereocenters. The molecule has 0 amide bonds. The third-order valence-corrected chi connectivity index (χ3v) is 4.46. The summed E-state index contributed by atoms with van der Waals surface area (Å²) in [6.45, 7) is 0.856. The molecular formula is C13H17ClO2. The average molecular weight is 241 g/mol. The van der Waals surface area contributed by atoms with E-state index in [1.54, 1.807) is 6.26 Å². The SMILES string of the molecule is ClCC1(Cc2ccco2)CCOC1C1CC1. The molecule has 2 nitrogen and oxygen atoms in total. The first-order valence-corrected chi connectivity index (χ1v) is 6.57. The van der Waals surface area contributed by atoms with Crippen LogP contribution in [0.3, 0.4) is 0 Å². The average Bonchev–Trinajstić information content (AvgIpc) is 2.86. The fourth-order valence-corrected chi connectivity index (χ4v) is 3.26. The molecule has 16 heavy (non-hydrogen) atoms. The van der Waals surface area contributed by atoms with E-state index in [1.807, 2.05) is 12.1 Å². The van der Waals surface area contributed by atoms with E-state index in [2.05, 4.69) is 0 Å². The summed E-state index contributed by atoms with van der Waals surface area (Å²) in [5.41, 5.74) is 0.112. The van der Waals surface area contributed by atoms with Crippen molar-refractivity contribution < 1.29 is 9.15 Å². The quantitative estimate of drug-likeness (QED) is 0.754. The second-order valence-electron chi connectivity index (χ2n) is 5.13. The number of ether oxygens (including phenoxy) is 1. The predicted molar refractivity (Wildman–Crippen MR) is 62.6 cm³/mol. The Morgan fingerprint density at radius 1 is 1.44 bits per heavy atom. The molecule has 0 radical (unpaired) electrons. The molecule has 0 spiro atoms. The maximum absolute atomic E-state index is 6.23. The summed E-state index contributed by atoms with van der Waals surface area (Å²) in [6.07, 6.45) is 6.70. The Morgan fingerprint density at radius 2 is 2.31 bits per heavy atom. The van der Waals surface area contributed by atoms with Crippen LogP contribution < -0.4 is 0 Å². The molecule has 1 aliphatic heterocycles. The van der Waals surface area contributed by atoms with E-state index in [-0.39, 0.29) is 5.41 Å². The highest BCUT2D eigenvalue weighted by Gasteiger charge is 2.50. The number of hydrogen-bond donors (Lipinski definition) is 0. The first-order valence-electron chi connectivity index (χ1n) is 6.04. The van der Waals surface area contributed by atoms with Gasteiger partial charge in [0.2, 0.25) is 0 Å². The van der Waals surface area contributed by atoms with E-state index in [1.165, 1.54) is 12.8 Å². The van der Waals surface area contributed by atoms with Crippen LogP contribution in [0.2, 0.25) is 0 Å². The number of hydrogen-bond acceptors (Lipinski definition) is 2. The molecule has 3 rings (SSSR count). The van der Waals surface area contributed by atoms with Gasteiger partial charge in [-0.2, -0.15) is 0 Å².